The quantitative estimate of drug-likeness (QED) is 0.841. The van der Waals surface area contributed by atoms with Crippen molar-refractivity contribution in [2.75, 3.05) is 0 Å². The van der Waals surface area contributed by atoms with E-state index in [0.717, 1.165) is 25.7 Å². The Morgan fingerprint density at radius 2 is 1.64 bits per heavy atom. The number of nitrogens with two attached hydrogens (primary N) is 1. The topological polar surface area (TPSA) is 80.4 Å². The molecule has 4 bridgehead atoms. The number of hydrogen-bond acceptors (Lipinski definition) is 3. The van der Waals surface area contributed by atoms with Crippen LogP contribution in [0.25, 0.3) is 0 Å². The number of rotatable bonds is 3. The molecule has 5 atom stereocenters. The Labute approximate surface area is 129 Å². The Morgan fingerprint density at radius 3 is 2.18 bits per heavy atom. The number of ketones is 1. The van der Waals surface area contributed by atoms with Crippen LogP contribution < -0.4 is 5.73 Å². The van der Waals surface area contributed by atoms with Gasteiger partial charge in [-0.05, 0) is 55.9 Å². The molecule has 0 amide bonds. The molecule has 116 valence electrons. The second-order valence-electron chi connectivity index (χ2n) is 7.53. The molecule has 3 N–H and O–H groups in total. The van der Waals surface area contributed by atoms with Crippen molar-refractivity contribution in [1.29, 1.82) is 0 Å². The number of aromatic carboxylic acids is 1. The van der Waals surface area contributed by atoms with Crippen LogP contribution >= 0.6 is 0 Å². The minimum Gasteiger partial charge on any atom is -0.478 e. The van der Waals surface area contributed by atoms with Crippen LogP contribution in [0, 0.1) is 23.7 Å². The fourth-order valence-electron chi connectivity index (χ4n) is 5.63. The van der Waals surface area contributed by atoms with E-state index in [4.69, 9.17) is 5.73 Å². The number of carbonyl (C=O) groups excluding carboxylic acids is 1. The Bertz CT molecular complexity index is 639. The SMILES string of the molecule is NC12C[C@@H]3CC(C[C@@H](C3)C1)C2C(=O)c1ccccc1C(=O)O. The summed E-state index contributed by atoms with van der Waals surface area (Å²) >= 11 is 0. The molecule has 4 aliphatic carbocycles. The standard InChI is InChI=1S/C18H21NO3/c19-18-8-10-5-11(9-18)7-12(6-10)15(18)16(20)13-3-1-2-4-14(13)17(21)22/h1-4,10-12,15H,5-9,19H2,(H,21,22)/t10-,11+,12?,15?,18?. The molecular weight excluding hydrogens is 278 g/mol. The van der Waals surface area contributed by atoms with Gasteiger partial charge >= 0.3 is 5.97 Å². The normalized spacial score (nSPS) is 39.0. The molecule has 4 nitrogen and oxygen atoms in total. The molecule has 5 rings (SSSR count). The monoisotopic (exact) mass is 299 g/mol. The summed E-state index contributed by atoms with van der Waals surface area (Å²) in [7, 11) is 0. The first-order valence-corrected chi connectivity index (χ1v) is 8.13. The van der Waals surface area contributed by atoms with Gasteiger partial charge in [-0.2, -0.15) is 0 Å². The van der Waals surface area contributed by atoms with Crippen LogP contribution in [0.4, 0.5) is 0 Å². The van der Waals surface area contributed by atoms with Gasteiger partial charge in [-0.3, -0.25) is 4.79 Å². The highest BCUT2D eigenvalue weighted by Crippen LogP contribution is 2.58. The number of Topliss-reactive ketones (excluding diaryl/α,β-unsaturated/α-hetero) is 1. The first-order valence-electron chi connectivity index (χ1n) is 8.13. The van der Waals surface area contributed by atoms with Crippen molar-refractivity contribution in [2.24, 2.45) is 29.4 Å². The summed E-state index contributed by atoms with van der Waals surface area (Å²) in [6.07, 6.45) is 5.28. The molecular formula is C18H21NO3. The smallest absolute Gasteiger partial charge is 0.336 e. The largest absolute Gasteiger partial charge is 0.478 e. The summed E-state index contributed by atoms with van der Waals surface area (Å²) in [5.74, 6) is 0.372. The Balaban J connectivity index is 1.73. The van der Waals surface area contributed by atoms with Gasteiger partial charge in [0.2, 0.25) is 0 Å². The van der Waals surface area contributed by atoms with Crippen molar-refractivity contribution in [3.8, 4) is 0 Å². The van der Waals surface area contributed by atoms with E-state index < -0.39 is 11.5 Å². The average Bonchev–Trinajstić information content (AvgIpc) is 2.44. The minimum atomic E-state index is -1.04. The van der Waals surface area contributed by atoms with E-state index in [9.17, 15) is 14.7 Å². The van der Waals surface area contributed by atoms with Crippen molar-refractivity contribution in [3.05, 3.63) is 35.4 Å². The number of carboxylic acid groups (broad SMARTS) is 1. The first kappa shape index (κ1) is 13.9. The van der Waals surface area contributed by atoms with Gasteiger partial charge in [-0.1, -0.05) is 18.2 Å². The summed E-state index contributed by atoms with van der Waals surface area (Å²) in [6, 6.07) is 6.54. The number of carbonyl (C=O) groups is 2. The molecule has 0 radical (unpaired) electrons. The molecule has 1 aromatic carbocycles. The van der Waals surface area contributed by atoms with Crippen LogP contribution in [0.15, 0.2) is 24.3 Å². The van der Waals surface area contributed by atoms with Gasteiger partial charge in [0.1, 0.15) is 0 Å². The second-order valence-corrected chi connectivity index (χ2v) is 7.53. The summed E-state index contributed by atoms with van der Waals surface area (Å²) in [5, 5.41) is 9.35. The van der Waals surface area contributed by atoms with E-state index in [1.54, 1.807) is 18.2 Å². The maximum absolute atomic E-state index is 13.1. The molecule has 1 aromatic rings. The number of benzene rings is 1. The predicted octanol–water partition coefficient (Wildman–Crippen LogP) is 2.72. The Morgan fingerprint density at radius 1 is 1.05 bits per heavy atom. The molecule has 4 fully saturated rings. The highest BCUT2D eigenvalue weighted by atomic mass is 16.4. The van der Waals surface area contributed by atoms with Crippen LogP contribution in [-0.4, -0.2) is 22.4 Å². The molecule has 0 spiro atoms. The third-order valence-corrected chi connectivity index (χ3v) is 6.07. The lowest BCUT2D eigenvalue weighted by Gasteiger charge is -2.59. The maximum Gasteiger partial charge on any atom is 0.336 e. The van der Waals surface area contributed by atoms with Crippen molar-refractivity contribution in [1.82, 2.24) is 0 Å². The van der Waals surface area contributed by atoms with Gasteiger partial charge in [-0.15, -0.1) is 0 Å². The van der Waals surface area contributed by atoms with Crippen LogP contribution in [0.2, 0.25) is 0 Å². The van der Waals surface area contributed by atoms with E-state index in [1.165, 1.54) is 12.5 Å². The summed E-state index contributed by atoms with van der Waals surface area (Å²) in [4.78, 5) is 24.5. The van der Waals surface area contributed by atoms with Gasteiger partial charge in [0.15, 0.2) is 5.78 Å². The summed E-state index contributed by atoms with van der Waals surface area (Å²) in [6.45, 7) is 0. The molecule has 3 unspecified atom stereocenters. The number of hydrogen-bond donors (Lipinski definition) is 2. The van der Waals surface area contributed by atoms with Crippen LogP contribution in [-0.2, 0) is 0 Å². The van der Waals surface area contributed by atoms with Crippen molar-refractivity contribution in [2.45, 2.75) is 37.6 Å². The predicted molar refractivity (Wildman–Crippen MR) is 81.7 cm³/mol. The third kappa shape index (κ3) is 1.93. The zero-order valence-corrected chi connectivity index (χ0v) is 12.5. The molecule has 4 heteroatoms. The highest BCUT2D eigenvalue weighted by Gasteiger charge is 2.57. The van der Waals surface area contributed by atoms with E-state index in [1.807, 2.05) is 0 Å². The minimum absolute atomic E-state index is 0.0516. The van der Waals surface area contributed by atoms with Gasteiger partial charge in [-0.25, -0.2) is 4.79 Å². The third-order valence-electron chi connectivity index (χ3n) is 6.07. The zero-order valence-electron chi connectivity index (χ0n) is 12.5. The Hall–Kier alpha value is -1.68. The van der Waals surface area contributed by atoms with Gasteiger partial charge in [0, 0.05) is 17.0 Å². The lowest BCUT2D eigenvalue weighted by atomic mass is 9.47. The van der Waals surface area contributed by atoms with Crippen LogP contribution in [0.1, 0.15) is 52.8 Å². The van der Waals surface area contributed by atoms with Crippen molar-refractivity contribution in [3.63, 3.8) is 0 Å². The number of carboxylic acids is 1. The molecule has 0 heterocycles. The van der Waals surface area contributed by atoms with Gasteiger partial charge < -0.3 is 10.8 Å². The summed E-state index contributed by atoms with van der Waals surface area (Å²) < 4.78 is 0. The van der Waals surface area contributed by atoms with Crippen LogP contribution in [0.5, 0.6) is 0 Å². The van der Waals surface area contributed by atoms with Crippen molar-refractivity contribution < 1.29 is 14.7 Å². The van der Waals surface area contributed by atoms with Crippen molar-refractivity contribution >= 4 is 11.8 Å². The molecule has 4 saturated carbocycles. The molecule has 22 heavy (non-hydrogen) atoms. The zero-order chi connectivity index (χ0) is 15.5. The molecule has 0 aliphatic heterocycles. The van der Waals surface area contributed by atoms with E-state index >= 15 is 0 Å². The Kier molecular flexibility index (Phi) is 2.95. The van der Waals surface area contributed by atoms with E-state index in [0.29, 0.717) is 23.3 Å². The lowest BCUT2D eigenvalue weighted by Crippen LogP contribution is -2.64. The first-order chi connectivity index (χ1) is 10.5. The highest BCUT2D eigenvalue weighted by molar-refractivity contribution is 6.07. The molecule has 0 saturated heterocycles. The second kappa shape index (κ2) is 4.66. The van der Waals surface area contributed by atoms with E-state index in [2.05, 4.69) is 0 Å². The molecule has 0 aromatic heterocycles. The lowest BCUT2D eigenvalue weighted by molar-refractivity contribution is -0.0422. The molecule has 4 aliphatic rings. The van der Waals surface area contributed by atoms with E-state index in [-0.39, 0.29) is 17.3 Å². The average molecular weight is 299 g/mol. The van der Waals surface area contributed by atoms with Gasteiger partial charge in [0.05, 0.1) is 5.56 Å². The van der Waals surface area contributed by atoms with Gasteiger partial charge in [0.25, 0.3) is 0 Å². The maximum atomic E-state index is 13.1. The fourth-order valence-corrected chi connectivity index (χ4v) is 5.63. The van der Waals surface area contributed by atoms with Crippen LogP contribution in [0.3, 0.4) is 0 Å². The fraction of sp³-hybridized carbons (Fsp3) is 0.556. The summed E-state index contributed by atoms with van der Waals surface area (Å²) in [5.41, 5.74) is 6.67.